The summed E-state index contributed by atoms with van der Waals surface area (Å²) in [6.07, 6.45) is -3.57. The number of hydrogen-bond acceptors (Lipinski definition) is 5. The van der Waals surface area contributed by atoms with Gasteiger partial charge in [0.05, 0.1) is 16.9 Å². The lowest BCUT2D eigenvalue weighted by molar-refractivity contribution is -0.274. The van der Waals surface area contributed by atoms with E-state index >= 15 is 0 Å². The number of aromatic nitrogens is 2. The van der Waals surface area contributed by atoms with E-state index in [4.69, 9.17) is 0 Å². The molecule has 2 aromatic heterocycles. The van der Waals surface area contributed by atoms with Crippen LogP contribution in [0.5, 0.6) is 5.75 Å². The van der Waals surface area contributed by atoms with Crippen LogP contribution in [0.15, 0.2) is 59.0 Å². The Balaban J connectivity index is 1.63. The number of alkyl halides is 3. The molecule has 0 aliphatic heterocycles. The molecule has 0 spiro atoms. The highest BCUT2D eigenvalue weighted by molar-refractivity contribution is 7.13. The van der Waals surface area contributed by atoms with Crippen molar-refractivity contribution < 1.29 is 22.7 Å². The fourth-order valence-electron chi connectivity index (χ4n) is 2.38. The summed E-state index contributed by atoms with van der Waals surface area (Å²) in [6, 6.07) is 10.5. The molecule has 1 amide bonds. The van der Waals surface area contributed by atoms with E-state index in [-0.39, 0.29) is 18.7 Å². The van der Waals surface area contributed by atoms with Gasteiger partial charge >= 0.3 is 6.36 Å². The van der Waals surface area contributed by atoms with Crippen LogP contribution in [0.1, 0.15) is 5.56 Å². The molecule has 2 heterocycles. The van der Waals surface area contributed by atoms with E-state index in [1.807, 2.05) is 17.5 Å². The minimum Gasteiger partial charge on any atom is -0.405 e. The zero-order valence-electron chi connectivity index (χ0n) is 14.3. The Bertz CT molecular complexity index is 1020. The van der Waals surface area contributed by atoms with E-state index < -0.39 is 23.6 Å². The van der Waals surface area contributed by atoms with E-state index in [1.54, 1.807) is 0 Å². The molecule has 10 heteroatoms. The lowest BCUT2D eigenvalue weighted by atomic mass is 10.2. The number of nitrogens with one attached hydrogen (secondary N) is 1. The minimum absolute atomic E-state index is 0.159. The zero-order valence-corrected chi connectivity index (χ0v) is 15.1. The third-order valence-corrected chi connectivity index (χ3v) is 4.53. The van der Waals surface area contributed by atoms with Gasteiger partial charge in [0.25, 0.3) is 5.56 Å². The van der Waals surface area contributed by atoms with Crippen molar-refractivity contribution in [2.24, 2.45) is 0 Å². The molecule has 0 bridgehead atoms. The maximum Gasteiger partial charge on any atom is 0.573 e. The van der Waals surface area contributed by atoms with Crippen molar-refractivity contribution in [2.45, 2.75) is 19.5 Å². The second-order valence-corrected chi connectivity index (χ2v) is 6.60. The number of halogens is 3. The Hall–Kier alpha value is -3.14. The molecule has 3 rings (SSSR count). The van der Waals surface area contributed by atoms with Crippen LogP contribution in [-0.4, -0.2) is 21.8 Å². The molecule has 0 aliphatic carbocycles. The molecular formula is C18H14F3N3O3S. The summed E-state index contributed by atoms with van der Waals surface area (Å²) in [7, 11) is 0. The number of carbonyl (C=O) groups excluding carboxylic acids is 1. The van der Waals surface area contributed by atoms with E-state index in [0.29, 0.717) is 5.69 Å². The van der Waals surface area contributed by atoms with Gasteiger partial charge in [-0.15, -0.1) is 24.5 Å². The second kappa shape index (κ2) is 8.26. The van der Waals surface area contributed by atoms with Crippen molar-refractivity contribution in [1.82, 2.24) is 14.9 Å². The molecule has 0 unspecified atom stereocenters. The molecule has 0 fully saturated rings. The molecule has 0 atom stereocenters. The zero-order chi connectivity index (χ0) is 20.1. The van der Waals surface area contributed by atoms with Crippen molar-refractivity contribution in [3.63, 3.8) is 0 Å². The molecule has 6 nitrogen and oxygen atoms in total. The standard InChI is InChI=1S/C18H14F3N3O3S/c19-18(20,21)27-14-5-2-1-4-12(14)9-22-16(25)10-24-11-23-13(8-17(24)26)15-6-3-7-28-15/h1-8,11H,9-10H2,(H,22,25). The number of nitrogens with zero attached hydrogens (tertiary/aromatic N) is 2. The normalized spacial score (nSPS) is 11.2. The van der Waals surface area contributed by atoms with Crippen LogP contribution in [0.4, 0.5) is 13.2 Å². The summed E-state index contributed by atoms with van der Waals surface area (Å²) in [6.45, 7) is -0.487. The average Bonchev–Trinajstić information content (AvgIpc) is 3.16. The Labute approximate surface area is 161 Å². The first-order chi connectivity index (χ1) is 13.3. The fourth-order valence-corrected chi connectivity index (χ4v) is 3.08. The first-order valence-electron chi connectivity index (χ1n) is 8.02. The maximum atomic E-state index is 12.4. The highest BCUT2D eigenvalue weighted by Crippen LogP contribution is 2.26. The third kappa shape index (κ3) is 5.19. The highest BCUT2D eigenvalue weighted by Gasteiger charge is 2.31. The van der Waals surface area contributed by atoms with Crippen LogP contribution >= 0.6 is 11.3 Å². The van der Waals surface area contributed by atoms with Crippen LogP contribution < -0.4 is 15.6 Å². The first kappa shape index (κ1) is 19.6. The number of para-hydroxylation sites is 1. The number of hydrogen-bond donors (Lipinski definition) is 1. The summed E-state index contributed by atoms with van der Waals surface area (Å²) in [4.78, 5) is 29.2. The molecule has 0 saturated heterocycles. The Morgan fingerprint density at radius 2 is 2.00 bits per heavy atom. The van der Waals surface area contributed by atoms with Gasteiger partial charge < -0.3 is 10.1 Å². The number of rotatable bonds is 6. The molecule has 0 saturated carbocycles. The van der Waals surface area contributed by atoms with Gasteiger partial charge in [-0.05, 0) is 17.5 Å². The van der Waals surface area contributed by atoms with Gasteiger partial charge in [-0.2, -0.15) is 0 Å². The van der Waals surface area contributed by atoms with Gasteiger partial charge in [0.15, 0.2) is 0 Å². The molecule has 0 radical (unpaired) electrons. The fraction of sp³-hybridized carbons (Fsp3) is 0.167. The largest absolute Gasteiger partial charge is 0.573 e. The average molecular weight is 409 g/mol. The number of amides is 1. The third-order valence-electron chi connectivity index (χ3n) is 3.64. The predicted octanol–water partition coefficient (Wildman–Crippen LogP) is 3.19. The lowest BCUT2D eigenvalue weighted by Gasteiger charge is -2.13. The number of thiophene rings is 1. The van der Waals surface area contributed by atoms with Gasteiger partial charge in [0.2, 0.25) is 5.91 Å². The van der Waals surface area contributed by atoms with Gasteiger partial charge in [0.1, 0.15) is 12.3 Å². The number of ether oxygens (including phenoxy) is 1. The smallest absolute Gasteiger partial charge is 0.405 e. The monoisotopic (exact) mass is 409 g/mol. The number of carbonyl (C=O) groups is 1. The summed E-state index contributed by atoms with van der Waals surface area (Å²) < 4.78 is 42.3. The summed E-state index contributed by atoms with van der Waals surface area (Å²) in [5, 5.41) is 4.33. The molecular weight excluding hydrogens is 395 g/mol. The van der Waals surface area contributed by atoms with E-state index in [1.165, 1.54) is 41.9 Å². The summed E-state index contributed by atoms with van der Waals surface area (Å²) in [5.41, 5.74) is 0.260. The molecule has 28 heavy (non-hydrogen) atoms. The van der Waals surface area contributed by atoms with Gasteiger partial charge in [0, 0.05) is 18.2 Å². The van der Waals surface area contributed by atoms with E-state index in [9.17, 15) is 22.8 Å². The quantitative estimate of drug-likeness (QED) is 0.679. The summed E-state index contributed by atoms with van der Waals surface area (Å²) >= 11 is 1.43. The van der Waals surface area contributed by atoms with Crippen molar-refractivity contribution in [3.8, 4) is 16.3 Å². The maximum absolute atomic E-state index is 12.4. The minimum atomic E-state index is -4.83. The van der Waals surface area contributed by atoms with Crippen molar-refractivity contribution in [3.05, 3.63) is 70.1 Å². The van der Waals surface area contributed by atoms with Crippen molar-refractivity contribution in [1.29, 1.82) is 0 Å². The van der Waals surface area contributed by atoms with Crippen molar-refractivity contribution >= 4 is 17.2 Å². The van der Waals surface area contributed by atoms with Crippen molar-refractivity contribution in [2.75, 3.05) is 0 Å². The van der Waals surface area contributed by atoms with Gasteiger partial charge in [-0.1, -0.05) is 24.3 Å². The van der Waals surface area contributed by atoms with E-state index in [0.717, 1.165) is 15.5 Å². The SMILES string of the molecule is O=C(Cn1cnc(-c2cccs2)cc1=O)NCc1ccccc1OC(F)(F)F. The van der Waals surface area contributed by atoms with Crippen LogP contribution in [0.25, 0.3) is 10.6 Å². The topological polar surface area (TPSA) is 73.2 Å². The Morgan fingerprint density at radius 3 is 2.68 bits per heavy atom. The van der Waals surface area contributed by atoms with Crippen LogP contribution in [0.2, 0.25) is 0 Å². The lowest BCUT2D eigenvalue weighted by Crippen LogP contribution is -2.32. The van der Waals surface area contributed by atoms with Crippen LogP contribution in [0, 0.1) is 0 Å². The molecule has 146 valence electrons. The highest BCUT2D eigenvalue weighted by atomic mass is 32.1. The number of benzene rings is 1. The first-order valence-corrected chi connectivity index (χ1v) is 8.90. The van der Waals surface area contributed by atoms with E-state index in [2.05, 4.69) is 15.0 Å². The Morgan fingerprint density at radius 1 is 1.21 bits per heavy atom. The van der Waals surface area contributed by atoms with Gasteiger partial charge in [-0.3, -0.25) is 14.2 Å². The second-order valence-electron chi connectivity index (χ2n) is 5.65. The molecule has 1 N–H and O–H groups in total. The van der Waals surface area contributed by atoms with Crippen LogP contribution in [0.3, 0.4) is 0 Å². The Kier molecular flexibility index (Phi) is 5.78. The molecule has 1 aromatic carbocycles. The van der Waals surface area contributed by atoms with Gasteiger partial charge in [-0.25, -0.2) is 4.98 Å². The molecule has 0 aliphatic rings. The predicted molar refractivity (Wildman–Crippen MR) is 96.8 cm³/mol. The molecule has 3 aromatic rings. The van der Waals surface area contributed by atoms with Crippen LogP contribution in [-0.2, 0) is 17.9 Å². The summed E-state index contributed by atoms with van der Waals surface area (Å²) in [5.74, 6) is -0.941.